The lowest BCUT2D eigenvalue weighted by atomic mass is 10.1. The molecule has 3 rings (SSSR count). The van der Waals surface area contributed by atoms with Crippen molar-refractivity contribution in [3.8, 4) is 17.3 Å². The molecule has 7 nitrogen and oxygen atoms in total. The molecule has 2 aromatic carbocycles. The van der Waals surface area contributed by atoms with E-state index in [4.69, 9.17) is 16.9 Å². The number of benzene rings is 2. The first-order valence-electron chi connectivity index (χ1n) is 8.30. The summed E-state index contributed by atoms with van der Waals surface area (Å²) in [4.78, 5) is 28.3. The third-order valence-corrected chi connectivity index (χ3v) is 4.27. The van der Waals surface area contributed by atoms with Crippen molar-refractivity contribution in [3.05, 3.63) is 81.2 Å². The van der Waals surface area contributed by atoms with Crippen LogP contribution >= 0.6 is 11.6 Å². The van der Waals surface area contributed by atoms with Gasteiger partial charge in [0.25, 0.3) is 5.56 Å². The molecule has 0 spiro atoms. The van der Waals surface area contributed by atoms with Crippen LogP contribution in [0.5, 0.6) is 0 Å². The molecule has 0 radical (unpaired) electrons. The molecule has 0 atom stereocenters. The highest BCUT2D eigenvalue weighted by molar-refractivity contribution is 6.32. The average Bonchev–Trinajstić information content (AvgIpc) is 2.70. The summed E-state index contributed by atoms with van der Waals surface area (Å²) < 4.78 is 1.09. The molecule has 2 N–H and O–H groups in total. The molecular formula is C20H15ClN4O3. The van der Waals surface area contributed by atoms with Gasteiger partial charge in [0.1, 0.15) is 6.54 Å². The fourth-order valence-electron chi connectivity index (χ4n) is 2.69. The molecule has 0 aliphatic heterocycles. The van der Waals surface area contributed by atoms with Crippen LogP contribution in [0.1, 0.15) is 11.1 Å². The van der Waals surface area contributed by atoms with Gasteiger partial charge in [-0.3, -0.25) is 14.2 Å². The number of carboxylic acid groups (broad SMARTS) is 1. The molecule has 140 valence electrons. The van der Waals surface area contributed by atoms with E-state index in [1.165, 1.54) is 0 Å². The standard InChI is InChI=1S/C20H15ClN4O3/c21-18-17(15-4-2-1-3-5-15)25(12-16(26)27)20(28)19(24-18)23-11-14-8-6-13(10-22)7-9-14/h1-9H,11-12H2,(H,23,24)(H,26,27). The third kappa shape index (κ3) is 4.19. The van der Waals surface area contributed by atoms with E-state index in [2.05, 4.69) is 10.3 Å². The van der Waals surface area contributed by atoms with Gasteiger partial charge in [-0.2, -0.15) is 5.26 Å². The molecule has 3 aromatic rings. The van der Waals surface area contributed by atoms with Gasteiger partial charge in [-0.05, 0) is 17.7 Å². The molecule has 0 fully saturated rings. The van der Waals surface area contributed by atoms with Crippen molar-refractivity contribution in [1.29, 1.82) is 5.26 Å². The van der Waals surface area contributed by atoms with Crippen molar-refractivity contribution in [2.45, 2.75) is 13.1 Å². The number of hydrogen-bond donors (Lipinski definition) is 2. The minimum atomic E-state index is -1.17. The summed E-state index contributed by atoms with van der Waals surface area (Å²) in [6.07, 6.45) is 0. The normalized spacial score (nSPS) is 10.3. The first-order valence-corrected chi connectivity index (χ1v) is 8.68. The summed E-state index contributed by atoms with van der Waals surface area (Å²) in [7, 11) is 0. The Bertz CT molecular complexity index is 1100. The van der Waals surface area contributed by atoms with Crippen molar-refractivity contribution in [2.24, 2.45) is 0 Å². The second-order valence-corrected chi connectivity index (χ2v) is 6.27. The SMILES string of the molecule is N#Cc1ccc(CNc2nc(Cl)c(-c3ccccc3)n(CC(=O)O)c2=O)cc1. The molecule has 0 aliphatic rings. The second kappa shape index (κ2) is 8.37. The number of carboxylic acids is 1. The van der Waals surface area contributed by atoms with Gasteiger partial charge in [-0.25, -0.2) is 4.98 Å². The summed E-state index contributed by atoms with van der Waals surface area (Å²) in [5, 5.41) is 21.0. The van der Waals surface area contributed by atoms with Crippen LogP contribution in [0.3, 0.4) is 0 Å². The molecule has 0 aliphatic carbocycles. The number of halogens is 1. The van der Waals surface area contributed by atoms with E-state index < -0.39 is 18.1 Å². The van der Waals surface area contributed by atoms with Crippen LogP contribution in [0.4, 0.5) is 5.82 Å². The quantitative estimate of drug-likeness (QED) is 0.665. The fraction of sp³-hybridized carbons (Fsp3) is 0.100. The van der Waals surface area contributed by atoms with Gasteiger partial charge in [-0.15, -0.1) is 0 Å². The zero-order valence-corrected chi connectivity index (χ0v) is 15.3. The Morgan fingerprint density at radius 3 is 2.46 bits per heavy atom. The molecule has 0 bridgehead atoms. The van der Waals surface area contributed by atoms with Crippen LogP contribution < -0.4 is 10.9 Å². The van der Waals surface area contributed by atoms with E-state index in [-0.39, 0.29) is 23.2 Å². The molecular weight excluding hydrogens is 380 g/mol. The monoisotopic (exact) mass is 394 g/mol. The number of nitriles is 1. The highest BCUT2D eigenvalue weighted by atomic mass is 35.5. The third-order valence-electron chi connectivity index (χ3n) is 4.01. The number of nitrogens with zero attached hydrogens (tertiary/aromatic N) is 3. The van der Waals surface area contributed by atoms with Crippen LogP contribution in [0.15, 0.2) is 59.4 Å². The topological polar surface area (TPSA) is 108 Å². The van der Waals surface area contributed by atoms with E-state index in [0.717, 1.165) is 10.1 Å². The van der Waals surface area contributed by atoms with Gasteiger partial charge in [0.05, 0.1) is 17.3 Å². The van der Waals surface area contributed by atoms with Crippen LogP contribution in [0, 0.1) is 11.3 Å². The van der Waals surface area contributed by atoms with Gasteiger partial charge in [0, 0.05) is 12.1 Å². The van der Waals surface area contributed by atoms with Gasteiger partial charge >= 0.3 is 5.97 Å². The number of nitrogens with one attached hydrogen (secondary N) is 1. The number of aromatic nitrogens is 2. The minimum Gasteiger partial charge on any atom is -0.480 e. The largest absolute Gasteiger partial charge is 0.480 e. The highest BCUT2D eigenvalue weighted by Crippen LogP contribution is 2.26. The fourth-order valence-corrected chi connectivity index (χ4v) is 2.99. The summed E-state index contributed by atoms with van der Waals surface area (Å²) in [6.45, 7) is -0.279. The zero-order valence-electron chi connectivity index (χ0n) is 14.6. The van der Waals surface area contributed by atoms with Gasteiger partial charge in [-0.1, -0.05) is 54.1 Å². The van der Waals surface area contributed by atoms with Crippen molar-refractivity contribution in [2.75, 3.05) is 5.32 Å². The van der Waals surface area contributed by atoms with E-state index in [1.54, 1.807) is 54.6 Å². The van der Waals surface area contributed by atoms with Crippen molar-refractivity contribution >= 4 is 23.4 Å². The maximum absolute atomic E-state index is 12.8. The Labute approximate surface area is 165 Å². The Balaban J connectivity index is 1.98. The molecule has 1 heterocycles. The van der Waals surface area contributed by atoms with Crippen molar-refractivity contribution in [3.63, 3.8) is 0 Å². The minimum absolute atomic E-state index is 0.0226. The molecule has 0 saturated heterocycles. The van der Waals surface area contributed by atoms with Crippen LogP contribution in [-0.4, -0.2) is 20.6 Å². The molecule has 0 unspecified atom stereocenters. The number of carbonyl (C=O) groups is 1. The smallest absolute Gasteiger partial charge is 0.323 e. The van der Waals surface area contributed by atoms with Crippen LogP contribution in [0.2, 0.25) is 5.15 Å². The Hall–Kier alpha value is -3.63. The number of hydrogen-bond acceptors (Lipinski definition) is 5. The average molecular weight is 395 g/mol. The van der Waals surface area contributed by atoms with E-state index >= 15 is 0 Å². The number of rotatable bonds is 6. The molecule has 28 heavy (non-hydrogen) atoms. The van der Waals surface area contributed by atoms with Crippen molar-refractivity contribution in [1.82, 2.24) is 9.55 Å². The molecule has 0 saturated carbocycles. The maximum atomic E-state index is 12.8. The second-order valence-electron chi connectivity index (χ2n) is 5.91. The lowest BCUT2D eigenvalue weighted by molar-refractivity contribution is -0.137. The maximum Gasteiger partial charge on any atom is 0.323 e. The zero-order chi connectivity index (χ0) is 20.1. The van der Waals surface area contributed by atoms with Crippen LogP contribution in [0.25, 0.3) is 11.3 Å². The molecule has 8 heteroatoms. The lowest BCUT2D eigenvalue weighted by Gasteiger charge is -2.15. The van der Waals surface area contributed by atoms with E-state index in [9.17, 15) is 14.7 Å². The summed E-state index contributed by atoms with van der Waals surface area (Å²) in [5.41, 5.74) is 1.61. The first kappa shape index (κ1) is 19.1. The summed E-state index contributed by atoms with van der Waals surface area (Å²) in [6, 6.07) is 17.6. The highest BCUT2D eigenvalue weighted by Gasteiger charge is 2.18. The summed E-state index contributed by atoms with van der Waals surface area (Å²) in [5.74, 6) is -1.21. The van der Waals surface area contributed by atoms with E-state index in [0.29, 0.717) is 11.1 Å². The Morgan fingerprint density at radius 1 is 1.18 bits per heavy atom. The van der Waals surface area contributed by atoms with Gasteiger partial charge in [0.2, 0.25) is 0 Å². The van der Waals surface area contributed by atoms with Gasteiger partial charge < -0.3 is 10.4 Å². The van der Waals surface area contributed by atoms with Crippen LogP contribution in [-0.2, 0) is 17.9 Å². The lowest BCUT2D eigenvalue weighted by Crippen LogP contribution is -2.29. The molecule has 0 amide bonds. The predicted molar refractivity (Wildman–Crippen MR) is 105 cm³/mol. The first-order chi connectivity index (χ1) is 13.5. The Kier molecular flexibility index (Phi) is 5.72. The number of aliphatic carboxylic acids is 1. The van der Waals surface area contributed by atoms with Gasteiger partial charge in [0.15, 0.2) is 11.0 Å². The van der Waals surface area contributed by atoms with E-state index in [1.807, 2.05) is 6.07 Å². The predicted octanol–water partition coefficient (Wildman–Crippen LogP) is 3.13. The Morgan fingerprint density at radius 2 is 1.86 bits per heavy atom. The summed E-state index contributed by atoms with van der Waals surface area (Å²) >= 11 is 6.31. The van der Waals surface area contributed by atoms with Crippen molar-refractivity contribution < 1.29 is 9.90 Å². The molecule has 1 aromatic heterocycles. The number of anilines is 1.